The first-order valence-electron chi connectivity index (χ1n) is 8.72. The summed E-state index contributed by atoms with van der Waals surface area (Å²) in [6.45, 7) is 3.08. The molecule has 2 aliphatic heterocycles. The molecule has 8 heteroatoms. The third-order valence-corrected chi connectivity index (χ3v) is 5.00. The predicted octanol–water partition coefficient (Wildman–Crippen LogP) is 0.153. The highest BCUT2D eigenvalue weighted by molar-refractivity contribution is 5.94. The molecule has 0 radical (unpaired) electrons. The molecule has 2 aromatic heterocycles. The number of aromatic nitrogens is 3. The molecule has 0 unspecified atom stereocenters. The van der Waals surface area contributed by atoms with Crippen molar-refractivity contribution in [3.05, 3.63) is 52.7 Å². The maximum Gasteiger partial charge on any atom is 0.263 e. The number of rotatable bonds is 2. The van der Waals surface area contributed by atoms with Gasteiger partial charge in [-0.15, -0.1) is 0 Å². The maximum absolute atomic E-state index is 12.8. The molecular weight excluding hydrogens is 334 g/mol. The molecular formula is C18H21N5O3. The number of hydrogen-bond acceptors (Lipinski definition) is 6. The summed E-state index contributed by atoms with van der Waals surface area (Å²) < 4.78 is 7.40. The number of aryl methyl sites for hydroxylation is 1. The summed E-state index contributed by atoms with van der Waals surface area (Å²) in [5.74, 6) is 0.613. The van der Waals surface area contributed by atoms with E-state index in [4.69, 9.17) is 4.74 Å². The molecule has 0 aromatic carbocycles. The highest BCUT2D eigenvalue weighted by atomic mass is 16.5. The van der Waals surface area contributed by atoms with Crippen molar-refractivity contribution in [2.45, 2.75) is 6.10 Å². The Labute approximate surface area is 151 Å². The third kappa shape index (κ3) is 3.08. The Hall–Kier alpha value is -2.74. The molecule has 2 atom stereocenters. The van der Waals surface area contributed by atoms with Gasteiger partial charge in [-0.25, -0.2) is 9.97 Å². The fraction of sp³-hybridized carbons (Fsp3) is 0.444. The zero-order valence-electron chi connectivity index (χ0n) is 14.6. The van der Waals surface area contributed by atoms with E-state index in [9.17, 15) is 9.59 Å². The Kier molecular flexibility index (Phi) is 4.42. The molecule has 2 saturated heterocycles. The zero-order valence-corrected chi connectivity index (χ0v) is 14.6. The van der Waals surface area contributed by atoms with Crippen LogP contribution >= 0.6 is 0 Å². The van der Waals surface area contributed by atoms with Gasteiger partial charge in [0.05, 0.1) is 12.7 Å². The van der Waals surface area contributed by atoms with Crippen LogP contribution in [0.4, 0.5) is 5.95 Å². The van der Waals surface area contributed by atoms with Gasteiger partial charge in [-0.2, -0.15) is 0 Å². The summed E-state index contributed by atoms with van der Waals surface area (Å²) in [5, 5.41) is 0. The molecule has 136 valence electrons. The van der Waals surface area contributed by atoms with Crippen LogP contribution in [0.15, 0.2) is 41.6 Å². The molecule has 0 N–H and O–H groups in total. The van der Waals surface area contributed by atoms with Crippen molar-refractivity contribution in [3.8, 4) is 0 Å². The van der Waals surface area contributed by atoms with Gasteiger partial charge in [-0.1, -0.05) is 0 Å². The minimum Gasteiger partial charge on any atom is -0.374 e. The fourth-order valence-corrected chi connectivity index (χ4v) is 3.63. The van der Waals surface area contributed by atoms with Crippen LogP contribution < -0.4 is 10.5 Å². The molecule has 0 aliphatic carbocycles. The topological polar surface area (TPSA) is 80.6 Å². The van der Waals surface area contributed by atoms with Crippen LogP contribution in [0.3, 0.4) is 0 Å². The van der Waals surface area contributed by atoms with Crippen LogP contribution in [-0.2, 0) is 11.8 Å². The number of fused-ring (bicyclic) bond motifs is 1. The normalized spacial score (nSPS) is 22.8. The fourth-order valence-electron chi connectivity index (χ4n) is 3.63. The maximum atomic E-state index is 12.8. The van der Waals surface area contributed by atoms with Crippen molar-refractivity contribution in [2.75, 3.05) is 37.7 Å². The van der Waals surface area contributed by atoms with E-state index in [2.05, 4.69) is 14.9 Å². The van der Waals surface area contributed by atoms with Gasteiger partial charge in [0.25, 0.3) is 11.5 Å². The van der Waals surface area contributed by atoms with Gasteiger partial charge in [0.15, 0.2) is 0 Å². The minimum atomic E-state index is -0.273. The van der Waals surface area contributed by atoms with E-state index >= 15 is 0 Å². The first-order valence-corrected chi connectivity index (χ1v) is 8.72. The lowest BCUT2D eigenvalue weighted by Gasteiger charge is -2.23. The van der Waals surface area contributed by atoms with Gasteiger partial charge >= 0.3 is 0 Å². The van der Waals surface area contributed by atoms with E-state index in [0.717, 1.165) is 13.1 Å². The van der Waals surface area contributed by atoms with E-state index < -0.39 is 0 Å². The molecule has 0 saturated carbocycles. The van der Waals surface area contributed by atoms with Gasteiger partial charge in [0.1, 0.15) is 5.56 Å². The van der Waals surface area contributed by atoms with Crippen molar-refractivity contribution in [2.24, 2.45) is 13.0 Å². The Bertz CT molecular complexity index is 853. The van der Waals surface area contributed by atoms with Crippen LogP contribution in [0.5, 0.6) is 0 Å². The highest BCUT2D eigenvalue weighted by Crippen LogP contribution is 2.26. The minimum absolute atomic E-state index is 0.0276. The lowest BCUT2D eigenvalue weighted by Crippen LogP contribution is -2.37. The van der Waals surface area contributed by atoms with Crippen LogP contribution in [0.1, 0.15) is 10.4 Å². The number of carbonyl (C=O) groups is 1. The zero-order chi connectivity index (χ0) is 18.1. The van der Waals surface area contributed by atoms with Gasteiger partial charge in [-0.05, 0) is 18.2 Å². The number of anilines is 1. The van der Waals surface area contributed by atoms with Gasteiger partial charge in [0, 0.05) is 57.7 Å². The van der Waals surface area contributed by atoms with Gasteiger partial charge < -0.3 is 19.1 Å². The van der Waals surface area contributed by atoms with E-state index in [1.54, 1.807) is 48.7 Å². The Balaban J connectivity index is 1.51. The summed E-state index contributed by atoms with van der Waals surface area (Å²) in [6.07, 6.45) is 5.07. The number of amides is 1. The van der Waals surface area contributed by atoms with E-state index in [1.807, 2.05) is 0 Å². The van der Waals surface area contributed by atoms with Crippen LogP contribution in [0.25, 0.3) is 0 Å². The number of pyridine rings is 1. The lowest BCUT2D eigenvalue weighted by atomic mass is 10.1. The van der Waals surface area contributed by atoms with Crippen LogP contribution in [-0.4, -0.2) is 64.2 Å². The second-order valence-corrected chi connectivity index (χ2v) is 6.71. The van der Waals surface area contributed by atoms with Gasteiger partial charge in [0.2, 0.25) is 5.95 Å². The summed E-state index contributed by atoms with van der Waals surface area (Å²) in [5.41, 5.74) is -0.0699. The smallest absolute Gasteiger partial charge is 0.263 e. The Morgan fingerprint density at radius 3 is 2.81 bits per heavy atom. The molecule has 8 nitrogen and oxygen atoms in total. The van der Waals surface area contributed by atoms with Gasteiger partial charge in [-0.3, -0.25) is 9.59 Å². The molecule has 26 heavy (non-hydrogen) atoms. The van der Waals surface area contributed by atoms with Crippen molar-refractivity contribution in [1.29, 1.82) is 0 Å². The second-order valence-electron chi connectivity index (χ2n) is 6.71. The average molecular weight is 355 g/mol. The molecule has 2 aliphatic rings. The Morgan fingerprint density at radius 1 is 1.19 bits per heavy atom. The predicted molar refractivity (Wildman–Crippen MR) is 95.1 cm³/mol. The molecule has 2 aromatic rings. The quantitative estimate of drug-likeness (QED) is 0.763. The molecule has 4 rings (SSSR count). The number of carbonyl (C=O) groups excluding carboxylic acids is 1. The van der Waals surface area contributed by atoms with Crippen molar-refractivity contribution >= 4 is 11.9 Å². The lowest BCUT2D eigenvalue weighted by molar-refractivity contribution is 0.0497. The number of likely N-dealkylation sites (tertiary alicyclic amines) is 1. The second kappa shape index (κ2) is 6.87. The third-order valence-electron chi connectivity index (χ3n) is 5.00. The Morgan fingerprint density at radius 2 is 2.00 bits per heavy atom. The van der Waals surface area contributed by atoms with Crippen molar-refractivity contribution in [1.82, 2.24) is 19.4 Å². The molecule has 4 heterocycles. The molecule has 1 amide bonds. The number of ether oxygens (including phenoxy) is 1. The molecule has 0 spiro atoms. The van der Waals surface area contributed by atoms with Crippen molar-refractivity contribution in [3.63, 3.8) is 0 Å². The highest BCUT2D eigenvalue weighted by Gasteiger charge is 2.39. The summed E-state index contributed by atoms with van der Waals surface area (Å²) >= 11 is 0. The first-order chi connectivity index (χ1) is 12.6. The van der Waals surface area contributed by atoms with E-state index in [1.165, 1.54) is 4.57 Å². The summed E-state index contributed by atoms with van der Waals surface area (Å²) in [7, 11) is 1.65. The van der Waals surface area contributed by atoms with Crippen LogP contribution in [0, 0.1) is 5.92 Å². The van der Waals surface area contributed by atoms with Crippen LogP contribution in [0.2, 0.25) is 0 Å². The largest absolute Gasteiger partial charge is 0.374 e. The molecule has 2 fully saturated rings. The van der Waals surface area contributed by atoms with E-state index in [0.29, 0.717) is 25.6 Å². The number of hydrogen-bond donors (Lipinski definition) is 0. The first kappa shape index (κ1) is 16.7. The molecule has 0 bridgehead atoms. The standard InChI is InChI=1S/C18H21N5O3/c1-21-7-2-4-14(16(21)24)17(25)23-11-13-10-22(8-9-26-15(13)12-23)18-19-5-3-6-20-18/h2-7,13,15H,8-12H2,1H3/t13-,15+/m0/s1. The summed E-state index contributed by atoms with van der Waals surface area (Å²) in [4.78, 5) is 37.5. The number of nitrogens with zero attached hydrogens (tertiary/aromatic N) is 5. The van der Waals surface area contributed by atoms with E-state index in [-0.39, 0.29) is 29.1 Å². The SMILES string of the molecule is Cn1cccc(C(=O)N2C[C@@H]3CN(c4ncccn4)CCO[C@@H]3C2)c1=O. The summed E-state index contributed by atoms with van der Waals surface area (Å²) in [6, 6.07) is 5.09. The monoisotopic (exact) mass is 355 g/mol. The average Bonchev–Trinajstić information content (AvgIpc) is 2.96. The van der Waals surface area contributed by atoms with Crippen molar-refractivity contribution < 1.29 is 9.53 Å².